The molecule has 0 bridgehead atoms. The minimum atomic E-state index is 0.715. The Labute approximate surface area is 119 Å². The summed E-state index contributed by atoms with van der Waals surface area (Å²) in [4.78, 5) is 0. The number of nitrogens with zero attached hydrogens (tertiary/aromatic N) is 2. The molecule has 4 heteroatoms. The maximum atomic E-state index is 5.90. The predicted molar refractivity (Wildman–Crippen MR) is 78.5 cm³/mol. The van der Waals surface area contributed by atoms with E-state index in [1.165, 1.54) is 0 Å². The van der Waals surface area contributed by atoms with Gasteiger partial charge in [0.25, 0.3) is 0 Å². The number of hydrogen-bond acceptors (Lipinski definition) is 3. The Morgan fingerprint density at radius 2 is 1.95 bits per heavy atom. The molecule has 0 aliphatic heterocycles. The van der Waals surface area contributed by atoms with Crippen LogP contribution in [0.2, 0.25) is 0 Å². The Balaban J connectivity index is 2.03. The van der Waals surface area contributed by atoms with E-state index in [0.29, 0.717) is 5.75 Å². The molecule has 3 rings (SSSR count). The Kier molecular flexibility index (Phi) is 3.17. The molecule has 0 unspecified atom stereocenters. The number of aryl methyl sites for hydroxylation is 1. The lowest BCUT2D eigenvalue weighted by molar-refractivity contribution is 0.484. The lowest BCUT2D eigenvalue weighted by atomic mass is 10.2. The van der Waals surface area contributed by atoms with E-state index in [2.05, 4.69) is 26.1 Å². The van der Waals surface area contributed by atoms with Crippen LogP contribution in [0.4, 0.5) is 0 Å². The topological polar surface area (TPSA) is 35.0 Å². The van der Waals surface area contributed by atoms with Gasteiger partial charge in [0.1, 0.15) is 5.75 Å². The van der Waals surface area contributed by atoms with Crippen LogP contribution in [0, 0.1) is 6.92 Å². The van der Waals surface area contributed by atoms with Crippen molar-refractivity contribution in [3.63, 3.8) is 0 Å². The summed E-state index contributed by atoms with van der Waals surface area (Å²) in [5.74, 6) is 1.51. The van der Waals surface area contributed by atoms with E-state index in [-0.39, 0.29) is 0 Å². The van der Waals surface area contributed by atoms with Crippen molar-refractivity contribution in [1.29, 1.82) is 0 Å². The molecule has 19 heavy (non-hydrogen) atoms. The van der Waals surface area contributed by atoms with Crippen molar-refractivity contribution >= 4 is 26.8 Å². The van der Waals surface area contributed by atoms with Gasteiger partial charge in [-0.1, -0.05) is 28.1 Å². The zero-order chi connectivity index (χ0) is 13.2. The van der Waals surface area contributed by atoms with E-state index >= 15 is 0 Å². The van der Waals surface area contributed by atoms with E-state index in [9.17, 15) is 0 Å². The highest BCUT2D eigenvalue weighted by atomic mass is 79.9. The molecule has 0 saturated heterocycles. The fraction of sp³-hybridized carbons (Fsp3) is 0.0667. The van der Waals surface area contributed by atoms with Gasteiger partial charge in [-0.05, 0) is 42.8 Å². The highest BCUT2D eigenvalue weighted by Gasteiger charge is 2.05. The van der Waals surface area contributed by atoms with Crippen LogP contribution >= 0.6 is 15.9 Å². The molecule has 0 aliphatic carbocycles. The minimum absolute atomic E-state index is 0.715. The maximum Gasteiger partial charge on any atom is 0.156 e. The first-order valence-corrected chi connectivity index (χ1v) is 6.68. The number of rotatable bonds is 2. The third-order valence-corrected chi connectivity index (χ3v) is 3.76. The number of aromatic nitrogens is 2. The van der Waals surface area contributed by atoms with Gasteiger partial charge in [-0.25, -0.2) is 0 Å². The van der Waals surface area contributed by atoms with Gasteiger partial charge in [0.15, 0.2) is 5.75 Å². The van der Waals surface area contributed by atoms with E-state index in [4.69, 9.17) is 4.74 Å². The number of benzene rings is 2. The summed E-state index contributed by atoms with van der Waals surface area (Å²) in [6.07, 6.45) is 1.64. The van der Waals surface area contributed by atoms with E-state index in [1.54, 1.807) is 6.20 Å². The first kappa shape index (κ1) is 12.1. The minimum Gasteiger partial charge on any atom is -0.455 e. The zero-order valence-electron chi connectivity index (χ0n) is 10.3. The van der Waals surface area contributed by atoms with E-state index in [0.717, 1.165) is 26.7 Å². The van der Waals surface area contributed by atoms with E-state index in [1.807, 2.05) is 49.4 Å². The number of halogens is 1. The van der Waals surface area contributed by atoms with Crippen LogP contribution in [-0.2, 0) is 0 Å². The summed E-state index contributed by atoms with van der Waals surface area (Å²) >= 11 is 3.48. The molecule has 0 N–H and O–H groups in total. The van der Waals surface area contributed by atoms with Crippen LogP contribution in [0.15, 0.2) is 53.1 Å². The molecule has 2 aromatic carbocycles. The zero-order valence-corrected chi connectivity index (χ0v) is 11.9. The van der Waals surface area contributed by atoms with Gasteiger partial charge >= 0.3 is 0 Å². The Morgan fingerprint density at radius 3 is 2.79 bits per heavy atom. The van der Waals surface area contributed by atoms with Crippen molar-refractivity contribution in [3.05, 3.63) is 58.7 Å². The van der Waals surface area contributed by atoms with Gasteiger partial charge in [0.2, 0.25) is 0 Å². The molecule has 94 valence electrons. The summed E-state index contributed by atoms with van der Waals surface area (Å²) in [6, 6.07) is 13.7. The van der Waals surface area contributed by atoms with Crippen molar-refractivity contribution in [2.45, 2.75) is 6.92 Å². The highest BCUT2D eigenvalue weighted by Crippen LogP contribution is 2.29. The molecule has 0 radical (unpaired) electrons. The Bertz CT molecular complexity index is 738. The third kappa shape index (κ3) is 2.44. The molecule has 0 fully saturated rings. The van der Waals surface area contributed by atoms with Crippen molar-refractivity contribution in [3.8, 4) is 11.5 Å². The molecular weight excluding hydrogens is 304 g/mol. The van der Waals surface area contributed by atoms with Crippen LogP contribution in [0.5, 0.6) is 11.5 Å². The first-order chi connectivity index (χ1) is 9.24. The molecule has 0 saturated carbocycles. The molecular formula is C15H11BrN2O. The highest BCUT2D eigenvalue weighted by molar-refractivity contribution is 9.10. The molecule has 0 aliphatic rings. The van der Waals surface area contributed by atoms with Crippen LogP contribution in [-0.4, -0.2) is 10.2 Å². The van der Waals surface area contributed by atoms with Crippen LogP contribution in [0.25, 0.3) is 10.9 Å². The quantitative estimate of drug-likeness (QED) is 0.699. The number of hydrogen-bond donors (Lipinski definition) is 0. The monoisotopic (exact) mass is 314 g/mol. The standard InChI is InChI=1S/C15H11BrN2O/c1-10-8-11(6-7-13(10)16)19-15-9-17-18-14-5-3-2-4-12(14)15/h2-9H,1H3. The molecule has 3 aromatic rings. The summed E-state index contributed by atoms with van der Waals surface area (Å²) in [6.45, 7) is 2.03. The molecule has 1 heterocycles. The van der Waals surface area contributed by atoms with Gasteiger partial charge in [0, 0.05) is 9.86 Å². The van der Waals surface area contributed by atoms with Crippen LogP contribution < -0.4 is 4.74 Å². The molecule has 1 aromatic heterocycles. The number of ether oxygens (including phenoxy) is 1. The normalized spacial score (nSPS) is 10.6. The van der Waals surface area contributed by atoms with E-state index < -0.39 is 0 Å². The van der Waals surface area contributed by atoms with Gasteiger partial charge in [-0.2, -0.15) is 10.2 Å². The van der Waals surface area contributed by atoms with Crippen molar-refractivity contribution in [2.24, 2.45) is 0 Å². The lowest BCUT2D eigenvalue weighted by Crippen LogP contribution is -1.90. The Hall–Kier alpha value is -1.94. The average Bonchev–Trinajstić information content (AvgIpc) is 2.43. The second kappa shape index (κ2) is 4.97. The van der Waals surface area contributed by atoms with Crippen molar-refractivity contribution in [1.82, 2.24) is 10.2 Å². The maximum absolute atomic E-state index is 5.90. The first-order valence-electron chi connectivity index (χ1n) is 5.88. The predicted octanol–water partition coefficient (Wildman–Crippen LogP) is 4.49. The fourth-order valence-electron chi connectivity index (χ4n) is 1.87. The second-order valence-electron chi connectivity index (χ2n) is 4.24. The van der Waals surface area contributed by atoms with Gasteiger partial charge in [-0.15, -0.1) is 0 Å². The fourth-order valence-corrected chi connectivity index (χ4v) is 2.12. The van der Waals surface area contributed by atoms with Gasteiger partial charge in [-0.3, -0.25) is 0 Å². The Morgan fingerprint density at radius 1 is 1.11 bits per heavy atom. The summed E-state index contributed by atoms with van der Waals surface area (Å²) in [7, 11) is 0. The second-order valence-corrected chi connectivity index (χ2v) is 5.09. The summed E-state index contributed by atoms with van der Waals surface area (Å²) in [5.41, 5.74) is 1.96. The number of fused-ring (bicyclic) bond motifs is 1. The summed E-state index contributed by atoms with van der Waals surface area (Å²) < 4.78 is 6.97. The average molecular weight is 315 g/mol. The molecule has 3 nitrogen and oxygen atoms in total. The van der Waals surface area contributed by atoms with Gasteiger partial charge < -0.3 is 4.74 Å². The summed E-state index contributed by atoms with van der Waals surface area (Å²) in [5, 5.41) is 9.00. The molecule has 0 spiro atoms. The van der Waals surface area contributed by atoms with Crippen molar-refractivity contribution in [2.75, 3.05) is 0 Å². The molecule has 0 amide bonds. The third-order valence-electron chi connectivity index (χ3n) is 2.87. The van der Waals surface area contributed by atoms with Crippen molar-refractivity contribution < 1.29 is 4.74 Å². The smallest absolute Gasteiger partial charge is 0.156 e. The molecule has 0 atom stereocenters. The van der Waals surface area contributed by atoms with Crippen LogP contribution in [0.3, 0.4) is 0 Å². The lowest BCUT2D eigenvalue weighted by Gasteiger charge is -2.09. The SMILES string of the molecule is Cc1cc(Oc2cnnc3ccccc23)ccc1Br. The largest absolute Gasteiger partial charge is 0.455 e. The van der Waals surface area contributed by atoms with Gasteiger partial charge in [0.05, 0.1) is 11.7 Å². The van der Waals surface area contributed by atoms with Crippen LogP contribution in [0.1, 0.15) is 5.56 Å².